The molecule has 0 aliphatic carbocycles. The molecule has 0 bridgehead atoms. The van der Waals surface area contributed by atoms with E-state index in [2.05, 4.69) is 15.6 Å². The molecule has 8 heteroatoms. The van der Waals surface area contributed by atoms with E-state index in [4.69, 9.17) is 15.9 Å². The summed E-state index contributed by atoms with van der Waals surface area (Å²) in [6.45, 7) is 1.79. The monoisotopic (exact) mass is 404 g/mol. The van der Waals surface area contributed by atoms with Gasteiger partial charge in [-0.3, -0.25) is 10.2 Å². The molecule has 1 aliphatic rings. The van der Waals surface area contributed by atoms with Crippen LogP contribution < -0.4 is 11.1 Å². The fraction of sp³-hybridized carbons (Fsp3) is 0.273. The van der Waals surface area contributed by atoms with E-state index in [0.717, 1.165) is 24.1 Å². The van der Waals surface area contributed by atoms with Gasteiger partial charge in [-0.2, -0.15) is 0 Å². The smallest absolute Gasteiger partial charge is 0.223 e. The van der Waals surface area contributed by atoms with Crippen LogP contribution in [-0.2, 0) is 16.1 Å². The fourth-order valence-electron chi connectivity index (χ4n) is 3.43. The number of nitrogens with zero attached hydrogens (tertiary/aromatic N) is 3. The van der Waals surface area contributed by atoms with E-state index in [0.29, 0.717) is 36.7 Å². The number of aromatic nitrogens is 3. The van der Waals surface area contributed by atoms with Crippen molar-refractivity contribution in [1.29, 1.82) is 5.41 Å². The van der Waals surface area contributed by atoms with Crippen molar-refractivity contribution in [1.82, 2.24) is 20.3 Å². The van der Waals surface area contributed by atoms with Crippen molar-refractivity contribution in [2.24, 2.45) is 5.92 Å². The highest BCUT2D eigenvalue weighted by molar-refractivity contribution is 6.12. The maximum absolute atomic E-state index is 12.2. The summed E-state index contributed by atoms with van der Waals surface area (Å²) < 4.78 is 6.92. The number of nitrogen functional groups attached to an aromatic ring is 1. The Balaban J connectivity index is 1.39. The van der Waals surface area contributed by atoms with Crippen LogP contribution >= 0.6 is 0 Å². The lowest BCUT2D eigenvalue weighted by molar-refractivity contribution is -0.128. The number of ether oxygens (including phenoxy) is 1. The number of benzene rings is 2. The molecule has 1 aromatic heterocycles. The van der Waals surface area contributed by atoms with Crippen LogP contribution in [0.3, 0.4) is 0 Å². The second-order valence-electron chi connectivity index (χ2n) is 7.28. The quantitative estimate of drug-likeness (QED) is 0.430. The highest BCUT2D eigenvalue weighted by Gasteiger charge is 2.21. The molecule has 0 atom stereocenters. The average molecular weight is 404 g/mol. The lowest BCUT2D eigenvalue weighted by Crippen LogP contribution is -2.33. The Labute approximate surface area is 174 Å². The molecule has 2 heterocycles. The molecule has 4 rings (SSSR count). The molecule has 8 nitrogen and oxygen atoms in total. The standard InChI is InChI=1S/C22H24N6O2/c23-19-4-2-1-3-18(19)21(24)20-14-28(27-26-20)17-7-5-15(6-8-17)13-25-22(29)16-9-11-30-12-10-16/h1-8,14,16,24H,9-13,23H2,(H,25,29). The minimum absolute atomic E-state index is 0.0422. The Hall–Kier alpha value is -3.52. The molecule has 1 saturated heterocycles. The van der Waals surface area contributed by atoms with Crippen LogP contribution in [0.25, 0.3) is 5.69 Å². The molecule has 30 heavy (non-hydrogen) atoms. The van der Waals surface area contributed by atoms with E-state index in [1.165, 1.54) is 0 Å². The first-order valence-corrected chi connectivity index (χ1v) is 9.93. The molecule has 2 aromatic carbocycles. The normalized spacial score (nSPS) is 14.4. The third-order valence-corrected chi connectivity index (χ3v) is 5.24. The minimum atomic E-state index is 0.0422. The number of carbonyl (C=O) groups excluding carboxylic acids is 1. The predicted octanol–water partition coefficient (Wildman–Crippen LogP) is 2.31. The molecular formula is C22H24N6O2. The van der Waals surface area contributed by atoms with Crippen LogP contribution in [0.4, 0.5) is 5.69 Å². The number of rotatable bonds is 6. The second kappa shape index (κ2) is 8.87. The number of nitrogens with two attached hydrogens (primary N) is 1. The highest BCUT2D eigenvalue weighted by Crippen LogP contribution is 2.17. The molecule has 0 saturated carbocycles. The third-order valence-electron chi connectivity index (χ3n) is 5.24. The molecule has 0 radical (unpaired) electrons. The number of amides is 1. The van der Waals surface area contributed by atoms with Crippen molar-refractivity contribution in [2.45, 2.75) is 19.4 Å². The molecule has 154 valence electrons. The largest absolute Gasteiger partial charge is 0.398 e. The first-order chi connectivity index (χ1) is 14.6. The van der Waals surface area contributed by atoms with Crippen molar-refractivity contribution < 1.29 is 9.53 Å². The van der Waals surface area contributed by atoms with Crippen LogP contribution in [0.5, 0.6) is 0 Å². The van der Waals surface area contributed by atoms with Gasteiger partial charge in [0.25, 0.3) is 0 Å². The van der Waals surface area contributed by atoms with E-state index in [1.807, 2.05) is 36.4 Å². The van der Waals surface area contributed by atoms with E-state index < -0.39 is 0 Å². The van der Waals surface area contributed by atoms with E-state index >= 15 is 0 Å². The number of nitrogens with one attached hydrogen (secondary N) is 2. The van der Waals surface area contributed by atoms with Gasteiger partial charge in [-0.25, -0.2) is 4.68 Å². The van der Waals surface area contributed by atoms with Crippen molar-refractivity contribution in [2.75, 3.05) is 18.9 Å². The van der Waals surface area contributed by atoms with Crippen LogP contribution in [0.2, 0.25) is 0 Å². The number of hydrogen-bond acceptors (Lipinski definition) is 6. The van der Waals surface area contributed by atoms with Crippen LogP contribution in [0.1, 0.15) is 29.7 Å². The van der Waals surface area contributed by atoms with E-state index in [-0.39, 0.29) is 17.5 Å². The Bertz CT molecular complexity index is 1040. The van der Waals surface area contributed by atoms with Crippen LogP contribution in [-0.4, -0.2) is 39.8 Å². The zero-order valence-electron chi connectivity index (χ0n) is 16.5. The molecule has 3 aromatic rings. The Morgan fingerprint density at radius 1 is 1.17 bits per heavy atom. The highest BCUT2D eigenvalue weighted by atomic mass is 16.5. The second-order valence-corrected chi connectivity index (χ2v) is 7.28. The number of anilines is 1. The van der Waals surface area contributed by atoms with Gasteiger partial charge in [-0.15, -0.1) is 5.10 Å². The van der Waals surface area contributed by atoms with Crippen molar-refractivity contribution in [3.8, 4) is 5.69 Å². The Morgan fingerprint density at radius 3 is 2.63 bits per heavy atom. The first kappa shape index (κ1) is 19.8. The van der Waals surface area contributed by atoms with Crippen molar-refractivity contribution in [3.05, 3.63) is 71.5 Å². The Kier molecular flexibility index (Phi) is 5.85. The number of carbonyl (C=O) groups is 1. The summed E-state index contributed by atoms with van der Waals surface area (Å²) in [5.74, 6) is 0.127. The summed E-state index contributed by atoms with van der Waals surface area (Å²) in [5, 5.41) is 19.6. The lowest BCUT2D eigenvalue weighted by atomic mass is 9.99. The average Bonchev–Trinajstić information content (AvgIpc) is 3.28. The van der Waals surface area contributed by atoms with Gasteiger partial charge in [-0.1, -0.05) is 35.5 Å². The fourth-order valence-corrected chi connectivity index (χ4v) is 3.43. The maximum atomic E-state index is 12.2. The molecule has 1 amide bonds. The summed E-state index contributed by atoms with van der Waals surface area (Å²) in [4.78, 5) is 12.2. The van der Waals surface area contributed by atoms with E-state index in [1.54, 1.807) is 23.0 Å². The topological polar surface area (TPSA) is 119 Å². The van der Waals surface area contributed by atoms with Crippen molar-refractivity contribution in [3.63, 3.8) is 0 Å². The number of hydrogen-bond donors (Lipinski definition) is 3. The van der Waals surface area contributed by atoms with Gasteiger partial charge < -0.3 is 15.8 Å². The number of para-hydroxylation sites is 1. The maximum Gasteiger partial charge on any atom is 0.223 e. The van der Waals surface area contributed by atoms with Gasteiger partial charge in [-0.05, 0) is 36.6 Å². The van der Waals surface area contributed by atoms with Gasteiger partial charge in [0.2, 0.25) is 5.91 Å². The summed E-state index contributed by atoms with van der Waals surface area (Å²) in [5.41, 5.74) is 9.61. The third kappa shape index (κ3) is 4.38. The summed E-state index contributed by atoms with van der Waals surface area (Å²) >= 11 is 0. The van der Waals surface area contributed by atoms with Crippen LogP contribution in [0, 0.1) is 11.3 Å². The predicted molar refractivity (Wildman–Crippen MR) is 114 cm³/mol. The van der Waals surface area contributed by atoms with Gasteiger partial charge in [0.05, 0.1) is 17.6 Å². The van der Waals surface area contributed by atoms with Crippen molar-refractivity contribution >= 4 is 17.3 Å². The van der Waals surface area contributed by atoms with Gasteiger partial charge >= 0.3 is 0 Å². The SMILES string of the molecule is N=C(c1cn(-c2ccc(CNC(=O)C3CCOCC3)cc2)nn1)c1ccccc1N. The molecule has 0 unspecified atom stereocenters. The summed E-state index contributed by atoms with van der Waals surface area (Å²) in [6, 6.07) is 14.9. The zero-order valence-corrected chi connectivity index (χ0v) is 16.5. The first-order valence-electron chi connectivity index (χ1n) is 9.93. The van der Waals surface area contributed by atoms with Crippen LogP contribution in [0.15, 0.2) is 54.7 Å². The molecular weight excluding hydrogens is 380 g/mol. The molecule has 1 fully saturated rings. The zero-order chi connectivity index (χ0) is 20.9. The Morgan fingerprint density at radius 2 is 1.90 bits per heavy atom. The van der Waals surface area contributed by atoms with Gasteiger partial charge in [0.15, 0.2) is 0 Å². The van der Waals surface area contributed by atoms with Gasteiger partial charge in [0.1, 0.15) is 5.69 Å². The summed E-state index contributed by atoms with van der Waals surface area (Å²) in [6.07, 6.45) is 3.27. The lowest BCUT2D eigenvalue weighted by Gasteiger charge is -2.21. The molecule has 1 aliphatic heterocycles. The van der Waals surface area contributed by atoms with E-state index in [9.17, 15) is 4.79 Å². The summed E-state index contributed by atoms with van der Waals surface area (Å²) in [7, 11) is 0. The van der Waals surface area contributed by atoms with Gasteiger partial charge in [0, 0.05) is 36.9 Å². The molecule has 0 spiro atoms. The molecule has 4 N–H and O–H groups in total. The minimum Gasteiger partial charge on any atom is -0.398 e.